The molecule has 0 aliphatic heterocycles. The summed E-state index contributed by atoms with van der Waals surface area (Å²) < 4.78 is 0. The third-order valence-corrected chi connectivity index (χ3v) is 4.87. The lowest BCUT2D eigenvalue weighted by molar-refractivity contribution is 1.08. The van der Waals surface area contributed by atoms with Crippen molar-refractivity contribution in [1.82, 2.24) is 9.97 Å². The quantitative estimate of drug-likeness (QED) is 0.303. The maximum Gasteiger partial charge on any atom is 0.270 e. The van der Waals surface area contributed by atoms with Gasteiger partial charge >= 0.3 is 0 Å². The molecule has 0 atom stereocenters. The van der Waals surface area contributed by atoms with Crippen molar-refractivity contribution < 1.29 is 0 Å². The van der Waals surface area contributed by atoms with E-state index >= 15 is 0 Å². The summed E-state index contributed by atoms with van der Waals surface area (Å²) >= 11 is 0. The lowest BCUT2D eigenvalue weighted by Gasteiger charge is -2.06. The Kier molecular flexibility index (Phi) is 4.80. The van der Waals surface area contributed by atoms with Gasteiger partial charge in [0.15, 0.2) is 0 Å². The van der Waals surface area contributed by atoms with Crippen molar-refractivity contribution in [2.24, 2.45) is 10.2 Å². The van der Waals surface area contributed by atoms with Gasteiger partial charge in [-0.15, -0.1) is 10.2 Å². The van der Waals surface area contributed by atoms with Gasteiger partial charge in [0.1, 0.15) is 0 Å². The number of rotatable bonds is 4. The number of aromatic nitrogens is 2. The van der Waals surface area contributed by atoms with E-state index in [4.69, 9.17) is 0 Å². The highest BCUT2D eigenvalue weighted by atomic mass is 15.2. The second kappa shape index (κ2) is 8.05. The summed E-state index contributed by atoms with van der Waals surface area (Å²) in [4.78, 5) is 9.31. The van der Waals surface area contributed by atoms with Crippen LogP contribution in [0.2, 0.25) is 0 Å². The van der Waals surface area contributed by atoms with Crippen molar-refractivity contribution in [2.75, 3.05) is 0 Å². The molecule has 0 aliphatic carbocycles. The van der Waals surface area contributed by atoms with Crippen LogP contribution in [0.1, 0.15) is 0 Å². The van der Waals surface area contributed by atoms with Crippen LogP contribution >= 0.6 is 0 Å². The summed E-state index contributed by atoms with van der Waals surface area (Å²) in [6.07, 6.45) is 0. The first-order chi connectivity index (χ1) is 14.9. The molecule has 0 unspecified atom stereocenters. The minimum absolute atomic E-state index is 0.336. The normalized spacial score (nSPS) is 11.2. The molecule has 0 spiro atoms. The van der Waals surface area contributed by atoms with Crippen molar-refractivity contribution >= 4 is 22.4 Å². The van der Waals surface area contributed by atoms with E-state index in [0.29, 0.717) is 5.95 Å². The molecule has 0 saturated heterocycles. The molecular formula is C26H18N4. The third kappa shape index (κ3) is 3.71. The Bertz CT molecular complexity index is 1270. The number of hydrogen-bond acceptors (Lipinski definition) is 4. The molecule has 30 heavy (non-hydrogen) atoms. The van der Waals surface area contributed by atoms with Crippen molar-refractivity contribution in [2.45, 2.75) is 0 Å². The lowest BCUT2D eigenvalue weighted by atomic mass is 10.1. The predicted octanol–water partition coefficient (Wildman–Crippen LogP) is 7.38. The van der Waals surface area contributed by atoms with Crippen molar-refractivity contribution in [1.29, 1.82) is 0 Å². The molecule has 0 fully saturated rings. The van der Waals surface area contributed by atoms with Crippen molar-refractivity contribution in [3.8, 4) is 22.5 Å². The van der Waals surface area contributed by atoms with Crippen LogP contribution in [-0.2, 0) is 0 Å². The predicted molar refractivity (Wildman–Crippen MR) is 121 cm³/mol. The van der Waals surface area contributed by atoms with Crippen LogP contribution in [-0.4, -0.2) is 9.97 Å². The summed E-state index contributed by atoms with van der Waals surface area (Å²) in [5, 5.41) is 11.0. The molecule has 0 aliphatic rings. The topological polar surface area (TPSA) is 50.5 Å². The van der Waals surface area contributed by atoms with E-state index in [1.165, 1.54) is 0 Å². The Morgan fingerprint density at radius 2 is 1.07 bits per heavy atom. The van der Waals surface area contributed by atoms with Gasteiger partial charge < -0.3 is 0 Å². The van der Waals surface area contributed by atoms with Gasteiger partial charge in [0.25, 0.3) is 5.95 Å². The minimum atomic E-state index is 0.336. The van der Waals surface area contributed by atoms with Gasteiger partial charge in [0, 0.05) is 16.5 Å². The molecule has 0 bridgehead atoms. The standard InChI is InChI=1S/C26H18N4/c1-3-11-20(12-4-1)24-18-25(21-13-5-2-6-14-21)28-26(27-24)30-29-23-17-9-15-19-10-7-8-16-22(19)23/h1-18H. The van der Waals surface area contributed by atoms with Crippen LogP contribution in [0.15, 0.2) is 119 Å². The van der Waals surface area contributed by atoms with Gasteiger partial charge in [-0.3, -0.25) is 0 Å². The summed E-state index contributed by atoms with van der Waals surface area (Å²) in [5.41, 5.74) is 4.45. The van der Waals surface area contributed by atoms with Gasteiger partial charge in [0.2, 0.25) is 0 Å². The molecular weight excluding hydrogens is 368 g/mol. The van der Waals surface area contributed by atoms with Crippen molar-refractivity contribution in [3.63, 3.8) is 0 Å². The molecule has 0 saturated carbocycles. The van der Waals surface area contributed by atoms with Crippen LogP contribution in [0.5, 0.6) is 0 Å². The van der Waals surface area contributed by atoms with Crippen LogP contribution in [0.4, 0.5) is 11.6 Å². The zero-order valence-corrected chi connectivity index (χ0v) is 16.2. The van der Waals surface area contributed by atoms with Crippen LogP contribution < -0.4 is 0 Å². The molecule has 4 nitrogen and oxygen atoms in total. The Balaban J connectivity index is 1.61. The number of benzene rings is 4. The second-order valence-electron chi connectivity index (χ2n) is 6.87. The molecule has 1 heterocycles. The first-order valence-electron chi connectivity index (χ1n) is 9.76. The molecule has 4 heteroatoms. The van der Waals surface area contributed by atoms with Crippen LogP contribution in [0, 0.1) is 0 Å². The van der Waals surface area contributed by atoms with E-state index in [1.54, 1.807) is 0 Å². The summed E-state index contributed by atoms with van der Waals surface area (Å²) in [7, 11) is 0. The monoisotopic (exact) mass is 386 g/mol. The number of fused-ring (bicyclic) bond motifs is 1. The maximum absolute atomic E-state index is 4.65. The van der Waals surface area contributed by atoms with Crippen LogP contribution in [0.25, 0.3) is 33.3 Å². The van der Waals surface area contributed by atoms with E-state index in [9.17, 15) is 0 Å². The fraction of sp³-hybridized carbons (Fsp3) is 0. The number of nitrogens with zero attached hydrogens (tertiary/aromatic N) is 4. The molecule has 5 rings (SSSR count). The van der Waals surface area contributed by atoms with E-state index in [-0.39, 0.29) is 0 Å². The Hall–Kier alpha value is -4.18. The molecule has 0 amide bonds. The fourth-order valence-electron chi connectivity index (χ4n) is 3.39. The van der Waals surface area contributed by atoms with Gasteiger partial charge in [-0.1, -0.05) is 97.1 Å². The molecule has 0 radical (unpaired) electrons. The zero-order valence-electron chi connectivity index (χ0n) is 16.2. The highest BCUT2D eigenvalue weighted by Crippen LogP contribution is 2.29. The SMILES string of the molecule is c1ccc(-c2cc(-c3ccccc3)nc(N=Nc3cccc4ccccc34)n2)cc1. The van der Waals surface area contributed by atoms with E-state index < -0.39 is 0 Å². The van der Waals surface area contributed by atoms with Gasteiger partial charge in [-0.25, -0.2) is 9.97 Å². The zero-order chi connectivity index (χ0) is 20.2. The average Bonchev–Trinajstić information content (AvgIpc) is 2.83. The second-order valence-corrected chi connectivity index (χ2v) is 6.87. The molecule has 5 aromatic rings. The van der Waals surface area contributed by atoms with E-state index in [0.717, 1.165) is 39.0 Å². The number of azo groups is 1. The summed E-state index contributed by atoms with van der Waals surface area (Å²) in [6, 6.07) is 36.2. The summed E-state index contributed by atoms with van der Waals surface area (Å²) in [6.45, 7) is 0. The van der Waals surface area contributed by atoms with Gasteiger partial charge in [0.05, 0.1) is 17.1 Å². The Labute approximate surface area is 174 Å². The minimum Gasteiger partial charge on any atom is -0.210 e. The average molecular weight is 386 g/mol. The van der Waals surface area contributed by atoms with Gasteiger partial charge in [-0.05, 0) is 17.5 Å². The lowest BCUT2D eigenvalue weighted by Crippen LogP contribution is -1.91. The highest BCUT2D eigenvalue weighted by Gasteiger charge is 2.08. The Morgan fingerprint density at radius 1 is 0.500 bits per heavy atom. The maximum atomic E-state index is 4.65. The smallest absolute Gasteiger partial charge is 0.210 e. The summed E-state index contributed by atoms with van der Waals surface area (Å²) in [5.74, 6) is 0.336. The third-order valence-electron chi connectivity index (χ3n) is 4.87. The number of hydrogen-bond donors (Lipinski definition) is 0. The van der Waals surface area contributed by atoms with E-state index in [1.807, 2.05) is 97.1 Å². The first kappa shape index (κ1) is 17.9. The molecule has 0 N–H and O–H groups in total. The van der Waals surface area contributed by atoms with Gasteiger partial charge in [-0.2, -0.15) is 0 Å². The Morgan fingerprint density at radius 3 is 1.73 bits per heavy atom. The fourth-order valence-corrected chi connectivity index (χ4v) is 3.39. The molecule has 4 aromatic carbocycles. The van der Waals surface area contributed by atoms with E-state index in [2.05, 4.69) is 32.3 Å². The highest BCUT2D eigenvalue weighted by molar-refractivity contribution is 5.92. The molecule has 1 aromatic heterocycles. The van der Waals surface area contributed by atoms with Crippen LogP contribution in [0.3, 0.4) is 0 Å². The molecule has 142 valence electrons. The van der Waals surface area contributed by atoms with Crippen molar-refractivity contribution in [3.05, 3.63) is 109 Å². The largest absolute Gasteiger partial charge is 0.270 e. The first-order valence-corrected chi connectivity index (χ1v) is 9.76.